The van der Waals surface area contributed by atoms with Crippen LogP contribution in [0.5, 0.6) is 0 Å². The largest absolute Gasteiger partial charge is 0.370 e. The molecule has 0 spiro atoms. The van der Waals surface area contributed by atoms with Gasteiger partial charge in [0.05, 0.1) is 12.4 Å². The number of aromatic nitrogens is 3. The van der Waals surface area contributed by atoms with Crippen LogP contribution < -0.4 is 55.3 Å². The van der Waals surface area contributed by atoms with E-state index in [1.165, 1.54) is 19.4 Å². The quantitative estimate of drug-likeness (QED) is 0.0371. The summed E-state index contributed by atoms with van der Waals surface area (Å²) in [6.07, 6.45) is 4.13. The van der Waals surface area contributed by atoms with Crippen LogP contribution in [0.3, 0.4) is 0 Å². The Balaban J connectivity index is 1.56. The maximum absolute atomic E-state index is 14.9. The van der Waals surface area contributed by atoms with E-state index in [-0.39, 0.29) is 119 Å². The minimum atomic E-state index is -1.41. The molecule has 17 N–H and O–H groups in total. The zero-order chi connectivity index (χ0) is 56.7. The molecular formula is C53H72ClN15O9. The molecule has 7 atom stereocenters. The third-order valence-electron chi connectivity index (χ3n) is 13.4. The fraction of sp³-hybridized carbons (Fsp3) is 0.472. The number of benzene rings is 2. The molecule has 420 valence electrons. The van der Waals surface area contributed by atoms with Crippen molar-refractivity contribution >= 4 is 87.2 Å². The summed E-state index contributed by atoms with van der Waals surface area (Å²) in [5, 5.41) is 14.7. The van der Waals surface area contributed by atoms with Crippen molar-refractivity contribution in [2.24, 2.45) is 50.5 Å². The lowest BCUT2D eigenvalue weighted by Crippen LogP contribution is -2.58. The van der Waals surface area contributed by atoms with Crippen LogP contribution in [0, 0.1) is 11.8 Å². The topological polar surface area (TPSA) is 413 Å². The van der Waals surface area contributed by atoms with E-state index in [1.807, 2.05) is 24.3 Å². The van der Waals surface area contributed by atoms with Gasteiger partial charge in [-0.1, -0.05) is 54.4 Å². The summed E-state index contributed by atoms with van der Waals surface area (Å²) in [6.45, 7) is 1.47. The number of imidazole rings is 1. The summed E-state index contributed by atoms with van der Waals surface area (Å²) in [6, 6.07) is 7.56. The number of guanidine groups is 2. The summed E-state index contributed by atoms with van der Waals surface area (Å²) >= 11 is 6.65. The molecule has 0 saturated carbocycles. The van der Waals surface area contributed by atoms with Gasteiger partial charge in [0.25, 0.3) is 0 Å². The van der Waals surface area contributed by atoms with Gasteiger partial charge < -0.3 is 65.2 Å². The number of carbonyl (C=O) groups is 9. The summed E-state index contributed by atoms with van der Waals surface area (Å²) in [5.41, 5.74) is 30.4. The van der Waals surface area contributed by atoms with Gasteiger partial charge in [-0.05, 0) is 74.6 Å². The van der Waals surface area contributed by atoms with E-state index >= 15 is 0 Å². The van der Waals surface area contributed by atoms with Crippen LogP contribution in [0.2, 0.25) is 5.02 Å². The summed E-state index contributed by atoms with van der Waals surface area (Å²) in [7, 11) is 0. The van der Waals surface area contributed by atoms with Crippen LogP contribution in [0.25, 0.3) is 10.9 Å². The normalized spacial score (nSPS) is 21.1. The molecular weight excluding hydrogens is 1030 g/mol. The first-order valence-electron chi connectivity index (χ1n) is 26.0. The number of fused-ring (bicyclic) bond motifs is 1. The number of primary amides is 1. The molecule has 0 aliphatic carbocycles. The van der Waals surface area contributed by atoms with Gasteiger partial charge in [-0.15, -0.1) is 0 Å². The first-order chi connectivity index (χ1) is 37.3. The van der Waals surface area contributed by atoms with Gasteiger partial charge in [0, 0.05) is 104 Å². The van der Waals surface area contributed by atoms with Crippen LogP contribution in [-0.4, -0.2) is 123 Å². The van der Waals surface area contributed by atoms with Crippen LogP contribution in [0.4, 0.5) is 0 Å². The highest BCUT2D eigenvalue weighted by Crippen LogP contribution is 2.27. The monoisotopic (exact) mass is 1100 g/mol. The van der Waals surface area contributed by atoms with Gasteiger partial charge in [-0.2, -0.15) is 0 Å². The third-order valence-corrected chi connectivity index (χ3v) is 13.8. The van der Waals surface area contributed by atoms with Crippen LogP contribution in [0.15, 0.2) is 77.2 Å². The molecule has 1 aliphatic rings. The lowest BCUT2D eigenvalue weighted by Gasteiger charge is -2.27. The second-order valence-corrected chi connectivity index (χ2v) is 19.9. The molecule has 24 nitrogen and oxygen atoms in total. The van der Waals surface area contributed by atoms with E-state index in [9.17, 15) is 43.2 Å². The third kappa shape index (κ3) is 19.8. The van der Waals surface area contributed by atoms with Gasteiger partial charge in [-0.25, -0.2) is 4.98 Å². The number of amides is 6. The SMILES string of the molecule is CC(=O)N[C@H](CCCN=C(N)N)C(=O)N[C@H]1CCCCC(=O)CC[C@@H](C(N)=O)NC(=O)[C@H](Cc2c[nH]c3ccccc23)CC(=O)[C@H](CCCN=C(N)N)CC(=O)[C@@H](Cc2ccccc2Cl)NC(=O)[C@H](Cc2cnc[nH]2)NC1=O. The maximum Gasteiger partial charge on any atom is 0.243 e. The molecule has 2 aromatic heterocycles. The Morgan fingerprint density at radius 1 is 0.731 bits per heavy atom. The molecule has 25 heteroatoms. The van der Waals surface area contributed by atoms with E-state index in [2.05, 4.69) is 51.5 Å². The fourth-order valence-corrected chi connectivity index (χ4v) is 9.49. The number of carbonyl (C=O) groups excluding carboxylic acids is 9. The van der Waals surface area contributed by atoms with Gasteiger partial charge in [0.1, 0.15) is 35.7 Å². The van der Waals surface area contributed by atoms with Gasteiger partial charge in [0.15, 0.2) is 17.7 Å². The Labute approximate surface area is 456 Å². The van der Waals surface area contributed by atoms with Crippen molar-refractivity contribution in [3.63, 3.8) is 0 Å². The minimum Gasteiger partial charge on any atom is -0.370 e. The second kappa shape index (κ2) is 30.6. The van der Waals surface area contributed by atoms with Crippen molar-refractivity contribution in [3.8, 4) is 0 Å². The lowest BCUT2D eigenvalue weighted by molar-refractivity contribution is -0.135. The standard InChI is InChI=1S/C53H72ClN15O9/c1-30(70)65-41(17-9-21-62-53(58)59)49(76)67-42-16-6-3-12-36(71)18-19-40(47(55)74)66-48(75)33(22-34-27-63-39-15-7-4-13-37(34)39)25-45(72)32(11-8-20-61-52(56)57)24-46(73)43(23-31-10-2-5-14-38(31)54)68-51(78)44(69-50(42)77)26-35-28-60-29-64-35/h2,4-5,7,10,13-15,27-29,32-33,40-44,63H,3,6,8-9,11-12,16-26H2,1H3,(H2,55,74)(H,60,64)(H,65,70)(H,66,75)(H,67,76)(H,68,78)(H,69,77)(H4,56,57,61)(H4,58,59,62)/t32-,33-,40+,41-,42+,43-,44+/m1/s1. The van der Waals surface area contributed by atoms with Crippen molar-refractivity contribution in [1.29, 1.82) is 0 Å². The molecule has 5 rings (SSSR count). The first kappa shape index (κ1) is 60.7. The van der Waals surface area contributed by atoms with Crippen molar-refractivity contribution in [1.82, 2.24) is 41.5 Å². The zero-order valence-corrected chi connectivity index (χ0v) is 44.4. The number of H-pyrrole nitrogens is 2. The number of ketones is 3. The number of nitrogens with one attached hydrogen (secondary N) is 7. The molecule has 4 aromatic rings. The highest BCUT2D eigenvalue weighted by molar-refractivity contribution is 6.31. The number of para-hydroxylation sites is 1. The van der Waals surface area contributed by atoms with Crippen molar-refractivity contribution in [2.75, 3.05) is 13.1 Å². The Morgan fingerprint density at radius 3 is 2.12 bits per heavy atom. The number of hydrogen-bond donors (Lipinski definition) is 12. The van der Waals surface area contributed by atoms with Crippen molar-refractivity contribution in [3.05, 3.63) is 89.1 Å². The van der Waals surface area contributed by atoms with Crippen LogP contribution in [-0.2, 0) is 62.4 Å². The second-order valence-electron chi connectivity index (χ2n) is 19.5. The number of nitrogens with zero attached hydrogens (tertiary/aromatic N) is 3. The molecule has 1 saturated heterocycles. The van der Waals surface area contributed by atoms with Crippen LogP contribution in [0.1, 0.15) is 101 Å². The molecule has 0 radical (unpaired) electrons. The number of rotatable bonds is 18. The van der Waals surface area contributed by atoms with E-state index < -0.39 is 102 Å². The molecule has 78 heavy (non-hydrogen) atoms. The highest BCUT2D eigenvalue weighted by Gasteiger charge is 2.35. The fourth-order valence-electron chi connectivity index (χ4n) is 9.28. The number of aliphatic imine (C=N–C) groups is 2. The van der Waals surface area contributed by atoms with E-state index in [1.54, 1.807) is 30.5 Å². The van der Waals surface area contributed by atoms with E-state index in [0.29, 0.717) is 16.8 Å². The van der Waals surface area contributed by atoms with Crippen molar-refractivity contribution < 1.29 is 43.2 Å². The number of Topliss-reactive ketones (excluding diaryl/α,β-unsaturated/α-hetero) is 3. The molecule has 6 amide bonds. The predicted octanol–water partition coefficient (Wildman–Crippen LogP) is 0.683. The zero-order valence-electron chi connectivity index (χ0n) is 43.7. The molecule has 0 bridgehead atoms. The predicted molar refractivity (Wildman–Crippen MR) is 293 cm³/mol. The molecule has 1 aliphatic heterocycles. The average molecular weight is 1100 g/mol. The minimum absolute atomic E-state index is 0.0189. The number of hydrogen-bond acceptors (Lipinski definition) is 12. The summed E-state index contributed by atoms with van der Waals surface area (Å²) in [4.78, 5) is 144. The Hall–Kier alpha value is -8.15. The molecule has 3 heterocycles. The highest BCUT2D eigenvalue weighted by atomic mass is 35.5. The number of nitrogens with two attached hydrogens (primary N) is 5. The average Bonchev–Trinajstić information content (AvgIpc) is 4.07. The maximum atomic E-state index is 14.9. The van der Waals surface area contributed by atoms with Gasteiger partial charge >= 0.3 is 0 Å². The van der Waals surface area contributed by atoms with Gasteiger partial charge in [-0.3, -0.25) is 53.1 Å². The van der Waals surface area contributed by atoms with Crippen LogP contribution >= 0.6 is 11.6 Å². The molecule has 1 fully saturated rings. The first-order valence-corrected chi connectivity index (χ1v) is 26.4. The van der Waals surface area contributed by atoms with Gasteiger partial charge in [0.2, 0.25) is 35.4 Å². The molecule has 2 aromatic carbocycles. The number of aromatic amines is 2. The smallest absolute Gasteiger partial charge is 0.243 e. The lowest BCUT2D eigenvalue weighted by atomic mass is 9.83. The summed E-state index contributed by atoms with van der Waals surface area (Å²) < 4.78 is 0. The number of halogens is 1. The Bertz CT molecular complexity index is 2790. The summed E-state index contributed by atoms with van der Waals surface area (Å²) in [5.74, 6) is -8.31. The van der Waals surface area contributed by atoms with E-state index in [4.69, 9.17) is 40.3 Å². The van der Waals surface area contributed by atoms with Crippen molar-refractivity contribution in [2.45, 2.75) is 133 Å². The molecule has 0 unspecified atom stereocenters. The Morgan fingerprint density at radius 2 is 1.42 bits per heavy atom. The Kier molecular flexibility index (Phi) is 23.8. The van der Waals surface area contributed by atoms with E-state index in [0.717, 1.165) is 10.9 Å².